The van der Waals surface area contributed by atoms with Gasteiger partial charge in [0.15, 0.2) is 27.1 Å². The molecule has 0 unspecified atom stereocenters. The number of carbonyl (C=O) groups is 1. The van der Waals surface area contributed by atoms with Crippen molar-refractivity contribution in [2.24, 2.45) is 0 Å². The number of anilines is 4. The minimum Gasteiger partial charge on any atom is -0.354 e. The van der Waals surface area contributed by atoms with E-state index in [0.717, 1.165) is 18.2 Å². The van der Waals surface area contributed by atoms with Crippen LogP contribution in [0.5, 0.6) is 0 Å². The normalized spacial score (nSPS) is 16.9. The van der Waals surface area contributed by atoms with E-state index in [4.69, 9.17) is 13.6 Å². The molecule has 0 atom stereocenters. The third-order valence-corrected chi connectivity index (χ3v) is 6.26. The van der Waals surface area contributed by atoms with E-state index >= 15 is 0 Å². The van der Waals surface area contributed by atoms with Crippen LogP contribution in [-0.2, 0) is 25.1 Å². The number of sulfone groups is 1. The van der Waals surface area contributed by atoms with Crippen molar-refractivity contribution in [3.8, 4) is 0 Å². The zero-order valence-corrected chi connectivity index (χ0v) is 19.7. The first-order valence-corrected chi connectivity index (χ1v) is 12.4. The predicted molar refractivity (Wildman–Crippen MR) is 127 cm³/mol. The van der Waals surface area contributed by atoms with Crippen LogP contribution >= 0.6 is 0 Å². The summed E-state index contributed by atoms with van der Waals surface area (Å²) in [6.45, 7) is 0.164. The summed E-state index contributed by atoms with van der Waals surface area (Å²) >= 11 is 0. The van der Waals surface area contributed by atoms with E-state index < -0.39 is 28.5 Å². The third-order valence-electron chi connectivity index (χ3n) is 5.13. The van der Waals surface area contributed by atoms with E-state index in [9.17, 15) is 13.2 Å². The lowest BCUT2D eigenvalue weighted by Crippen LogP contribution is -2.35. The Morgan fingerprint density at radius 2 is 1.91 bits per heavy atom. The number of ether oxygens (including phenoxy) is 2. The van der Waals surface area contributed by atoms with Gasteiger partial charge in [-0.25, -0.2) is 18.4 Å². The highest BCUT2D eigenvalue weighted by atomic mass is 32.2. The molecule has 3 aromatic heterocycles. The highest BCUT2D eigenvalue weighted by Gasteiger charge is 2.31. The van der Waals surface area contributed by atoms with Crippen molar-refractivity contribution in [1.29, 1.82) is 0 Å². The Kier molecular flexibility index (Phi) is 5.85. The highest BCUT2D eigenvalue weighted by Crippen LogP contribution is 2.31. The first-order valence-electron chi connectivity index (χ1n) is 12.0. The summed E-state index contributed by atoms with van der Waals surface area (Å²) in [7, 11) is -3.69. The van der Waals surface area contributed by atoms with Gasteiger partial charge in [-0.1, -0.05) is 0 Å². The summed E-state index contributed by atoms with van der Waals surface area (Å²) in [5.74, 6) is -1.53. The van der Waals surface area contributed by atoms with Gasteiger partial charge in [0.25, 0.3) is 5.91 Å². The van der Waals surface area contributed by atoms with E-state index in [1.165, 1.54) is 24.4 Å². The second kappa shape index (κ2) is 9.90. The Balaban J connectivity index is 1.65. The van der Waals surface area contributed by atoms with Gasteiger partial charge in [0.05, 0.1) is 18.9 Å². The van der Waals surface area contributed by atoms with Crippen LogP contribution in [0.15, 0.2) is 47.6 Å². The zero-order valence-electron chi connectivity index (χ0n) is 21.9. The SMILES string of the molecule is [2H]C([2H])([2H])NC(=O)c1nnc(Nc2ccc(C3(C)OCCCO3)cn2)cc1Nc1ncccc1S(C)(=O)=O. The molecule has 1 fully saturated rings. The number of pyridine rings is 2. The quantitative estimate of drug-likeness (QED) is 0.435. The van der Waals surface area contributed by atoms with Crippen LogP contribution in [0.2, 0.25) is 0 Å². The van der Waals surface area contributed by atoms with Crippen LogP contribution in [0.1, 0.15) is 33.5 Å². The molecule has 3 aromatic rings. The van der Waals surface area contributed by atoms with Gasteiger partial charge in [0.2, 0.25) is 0 Å². The van der Waals surface area contributed by atoms with Gasteiger partial charge in [-0.05, 0) is 37.6 Å². The maximum Gasteiger partial charge on any atom is 0.273 e. The van der Waals surface area contributed by atoms with Gasteiger partial charge in [-0.15, -0.1) is 10.2 Å². The molecule has 1 aliphatic heterocycles. The zero-order chi connectivity index (χ0) is 27.6. The second-order valence-electron chi connectivity index (χ2n) is 7.75. The maximum atomic E-state index is 12.6. The fraction of sp³-hybridized carbons (Fsp3) is 0.318. The lowest BCUT2D eigenvalue weighted by molar-refractivity contribution is -0.265. The molecule has 1 saturated heterocycles. The van der Waals surface area contributed by atoms with Crippen LogP contribution in [0.4, 0.5) is 23.1 Å². The van der Waals surface area contributed by atoms with Gasteiger partial charge in [-0.2, -0.15) is 0 Å². The maximum absolute atomic E-state index is 12.6. The second-order valence-corrected chi connectivity index (χ2v) is 9.73. The molecule has 13 heteroatoms. The van der Waals surface area contributed by atoms with Gasteiger partial charge >= 0.3 is 0 Å². The Morgan fingerprint density at radius 3 is 2.60 bits per heavy atom. The molecule has 0 spiro atoms. The lowest BCUT2D eigenvalue weighted by atomic mass is 10.1. The first kappa shape index (κ1) is 20.7. The predicted octanol–water partition coefficient (Wildman–Crippen LogP) is 2.13. The van der Waals surface area contributed by atoms with E-state index in [2.05, 4.69) is 30.8 Å². The standard InChI is InChI=1S/C22H25N7O5S/c1-22(33-10-5-11-34-22)14-7-8-17(25-13-14)27-18-12-15(19(29-28-18)21(30)23-2)26-20-16(35(3,31)32)6-4-9-24-20/h4,6-9,12-13H,5,10-11H2,1-3H3,(H,23,30)(H2,24,25,26,27,28)/i2D3. The average molecular weight is 503 g/mol. The molecule has 1 amide bonds. The van der Waals surface area contributed by atoms with Crippen molar-refractivity contribution in [3.05, 3.63) is 54.0 Å². The Labute approximate surface area is 206 Å². The minimum atomic E-state index is -3.69. The van der Waals surface area contributed by atoms with Crippen LogP contribution in [0, 0.1) is 0 Å². The summed E-state index contributed by atoms with van der Waals surface area (Å²) < 4.78 is 57.9. The van der Waals surface area contributed by atoms with E-state index in [1.807, 2.05) is 12.2 Å². The molecule has 0 saturated carbocycles. The van der Waals surface area contributed by atoms with E-state index in [0.29, 0.717) is 19.0 Å². The smallest absolute Gasteiger partial charge is 0.273 e. The largest absolute Gasteiger partial charge is 0.354 e. The Morgan fingerprint density at radius 1 is 1.11 bits per heavy atom. The Hall–Kier alpha value is -3.68. The molecule has 184 valence electrons. The van der Waals surface area contributed by atoms with Gasteiger partial charge in [-0.3, -0.25) is 4.79 Å². The molecule has 1 aliphatic rings. The number of hydrogen-bond acceptors (Lipinski definition) is 11. The summed E-state index contributed by atoms with van der Waals surface area (Å²) in [6.07, 6.45) is 4.76. The van der Waals surface area contributed by atoms with Crippen LogP contribution in [0.3, 0.4) is 0 Å². The monoisotopic (exact) mass is 502 g/mol. The molecular formula is C22H25N7O5S. The first-order chi connectivity index (χ1) is 17.8. The van der Waals surface area contributed by atoms with Crippen LogP contribution < -0.4 is 16.0 Å². The molecule has 0 aliphatic carbocycles. The van der Waals surface area contributed by atoms with E-state index in [-0.39, 0.29) is 27.9 Å². The van der Waals surface area contributed by atoms with Crippen molar-refractivity contribution in [2.75, 3.05) is 37.1 Å². The fourth-order valence-electron chi connectivity index (χ4n) is 3.35. The molecule has 35 heavy (non-hydrogen) atoms. The molecule has 3 N–H and O–H groups in total. The molecule has 0 aromatic carbocycles. The molecular weight excluding hydrogens is 474 g/mol. The summed E-state index contributed by atoms with van der Waals surface area (Å²) in [6, 6.07) is 7.59. The summed E-state index contributed by atoms with van der Waals surface area (Å²) in [5, 5.41) is 15.4. The Bertz CT molecular complexity index is 1430. The number of aromatic nitrogens is 4. The summed E-state index contributed by atoms with van der Waals surface area (Å²) in [5.41, 5.74) is 0.289. The number of hydrogen-bond donors (Lipinski definition) is 3. The van der Waals surface area contributed by atoms with Gasteiger partial charge < -0.3 is 25.4 Å². The highest BCUT2D eigenvalue weighted by molar-refractivity contribution is 7.90. The lowest BCUT2D eigenvalue weighted by Gasteiger charge is -2.34. The molecule has 0 radical (unpaired) electrons. The number of rotatable bonds is 7. The van der Waals surface area contributed by atoms with Crippen molar-refractivity contribution in [3.63, 3.8) is 0 Å². The number of amides is 1. The molecule has 0 bridgehead atoms. The van der Waals surface area contributed by atoms with E-state index in [1.54, 1.807) is 18.3 Å². The molecule has 4 rings (SSSR count). The molecule has 12 nitrogen and oxygen atoms in total. The topological polar surface area (TPSA) is 157 Å². The van der Waals surface area contributed by atoms with Gasteiger partial charge in [0.1, 0.15) is 16.5 Å². The average Bonchev–Trinajstić information content (AvgIpc) is 2.84. The fourth-order valence-corrected chi connectivity index (χ4v) is 4.14. The number of nitrogens with one attached hydrogen (secondary N) is 3. The van der Waals surface area contributed by atoms with Crippen molar-refractivity contribution in [1.82, 2.24) is 25.5 Å². The van der Waals surface area contributed by atoms with Crippen LogP contribution in [-0.4, -0.2) is 60.9 Å². The number of nitrogens with zero attached hydrogens (tertiary/aromatic N) is 4. The van der Waals surface area contributed by atoms with Gasteiger partial charge in [0, 0.05) is 41.4 Å². The third kappa shape index (κ3) is 5.53. The van der Waals surface area contributed by atoms with Crippen molar-refractivity contribution in [2.45, 2.75) is 24.0 Å². The van der Waals surface area contributed by atoms with Crippen molar-refractivity contribution >= 4 is 38.9 Å². The number of carbonyl (C=O) groups excluding carboxylic acids is 1. The minimum absolute atomic E-state index is 0.0408. The summed E-state index contributed by atoms with van der Waals surface area (Å²) in [4.78, 5) is 20.9. The van der Waals surface area contributed by atoms with Crippen molar-refractivity contribution < 1.29 is 26.8 Å². The van der Waals surface area contributed by atoms with Crippen LogP contribution in [0.25, 0.3) is 0 Å². The molecule has 4 heterocycles.